The summed E-state index contributed by atoms with van der Waals surface area (Å²) in [5.74, 6) is 1.17. The summed E-state index contributed by atoms with van der Waals surface area (Å²) in [5, 5.41) is 11.8. The van der Waals surface area contributed by atoms with E-state index in [1.165, 1.54) is 0 Å². The molecule has 1 aliphatic rings. The van der Waals surface area contributed by atoms with Crippen LogP contribution in [0.4, 0.5) is 0 Å². The SMILES string of the molecule is N/C(=N/O)c1cc(Br)ccc1OCC1CCOCC1. The van der Waals surface area contributed by atoms with Crippen molar-refractivity contribution in [3.05, 3.63) is 28.2 Å². The van der Waals surface area contributed by atoms with E-state index >= 15 is 0 Å². The van der Waals surface area contributed by atoms with Crippen molar-refractivity contribution >= 4 is 21.8 Å². The quantitative estimate of drug-likeness (QED) is 0.385. The van der Waals surface area contributed by atoms with Gasteiger partial charge >= 0.3 is 0 Å². The van der Waals surface area contributed by atoms with Gasteiger partial charge in [0, 0.05) is 17.7 Å². The largest absolute Gasteiger partial charge is 0.493 e. The second kappa shape index (κ2) is 6.77. The van der Waals surface area contributed by atoms with Crippen LogP contribution in [0.1, 0.15) is 18.4 Å². The molecule has 1 saturated heterocycles. The standard InChI is InChI=1S/C13H17BrN2O3/c14-10-1-2-12(11(7-10)13(15)16-17)19-8-9-3-5-18-6-4-9/h1-2,7,9,17H,3-6,8H2,(H2,15,16). The van der Waals surface area contributed by atoms with Gasteiger partial charge in [0.15, 0.2) is 5.84 Å². The Balaban J connectivity index is 2.06. The number of nitrogens with zero attached hydrogens (tertiary/aromatic N) is 1. The van der Waals surface area contributed by atoms with Crippen molar-refractivity contribution < 1.29 is 14.7 Å². The average molecular weight is 329 g/mol. The number of hydrogen-bond donors (Lipinski definition) is 2. The second-order valence-corrected chi connectivity index (χ2v) is 5.41. The van der Waals surface area contributed by atoms with Crippen molar-refractivity contribution in [2.24, 2.45) is 16.8 Å². The van der Waals surface area contributed by atoms with Gasteiger partial charge in [0.2, 0.25) is 0 Å². The van der Waals surface area contributed by atoms with Crippen molar-refractivity contribution in [3.63, 3.8) is 0 Å². The topological polar surface area (TPSA) is 77.1 Å². The van der Waals surface area contributed by atoms with Crippen LogP contribution in [-0.4, -0.2) is 30.9 Å². The number of hydrogen-bond acceptors (Lipinski definition) is 4. The lowest BCUT2D eigenvalue weighted by Gasteiger charge is -2.22. The average Bonchev–Trinajstić information content (AvgIpc) is 2.46. The van der Waals surface area contributed by atoms with Crippen molar-refractivity contribution in [2.45, 2.75) is 12.8 Å². The molecular formula is C13H17BrN2O3. The number of benzene rings is 1. The Morgan fingerprint density at radius 1 is 1.47 bits per heavy atom. The van der Waals surface area contributed by atoms with E-state index in [2.05, 4.69) is 21.1 Å². The van der Waals surface area contributed by atoms with Gasteiger partial charge in [-0.25, -0.2) is 0 Å². The van der Waals surface area contributed by atoms with Crippen LogP contribution in [0, 0.1) is 5.92 Å². The van der Waals surface area contributed by atoms with Crippen LogP contribution < -0.4 is 10.5 Å². The van der Waals surface area contributed by atoms with Crippen LogP contribution in [-0.2, 0) is 4.74 Å². The molecule has 6 heteroatoms. The minimum atomic E-state index is 0.0447. The molecular weight excluding hydrogens is 312 g/mol. The van der Waals surface area contributed by atoms with E-state index in [4.69, 9.17) is 20.4 Å². The second-order valence-electron chi connectivity index (χ2n) is 4.49. The Kier molecular flexibility index (Phi) is 5.04. The highest BCUT2D eigenvalue weighted by Gasteiger charge is 2.16. The molecule has 0 bridgehead atoms. The van der Waals surface area contributed by atoms with Crippen LogP contribution in [0.15, 0.2) is 27.8 Å². The molecule has 5 nitrogen and oxygen atoms in total. The molecule has 0 saturated carbocycles. The summed E-state index contributed by atoms with van der Waals surface area (Å²) in [6.07, 6.45) is 2.02. The molecule has 0 atom stereocenters. The molecule has 104 valence electrons. The molecule has 0 unspecified atom stereocenters. The highest BCUT2D eigenvalue weighted by molar-refractivity contribution is 9.10. The Labute approximate surface area is 120 Å². The Morgan fingerprint density at radius 2 is 2.21 bits per heavy atom. The minimum absolute atomic E-state index is 0.0447. The molecule has 2 rings (SSSR count). The van der Waals surface area contributed by atoms with Crippen LogP contribution in [0.3, 0.4) is 0 Å². The maximum absolute atomic E-state index is 8.80. The zero-order valence-electron chi connectivity index (χ0n) is 10.5. The third-order valence-corrected chi connectivity index (χ3v) is 3.63. The van der Waals surface area contributed by atoms with Crippen molar-refractivity contribution in [1.82, 2.24) is 0 Å². The summed E-state index contributed by atoms with van der Waals surface area (Å²) in [7, 11) is 0. The van der Waals surface area contributed by atoms with Gasteiger partial charge in [-0.3, -0.25) is 0 Å². The van der Waals surface area contributed by atoms with E-state index in [-0.39, 0.29) is 5.84 Å². The molecule has 1 aromatic carbocycles. The number of amidine groups is 1. The molecule has 1 aromatic rings. The maximum Gasteiger partial charge on any atom is 0.173 e. The predicted molar refractivity (Wildman–Crippen MR) is 75.7 cm³/mol. The van der Waals surface area contributed by atoms with E-state index in [9.17, 15) is 0 Å². The molecule has 0 aromatic heterocycles. The first kappa shape index (κ1) is 14.1. The van der Waals surface area contributed by atoms with Crippen molar-refractivity contribution in [2.75, 3.05) is 19.8 Å². The van der Waals surface area contributed by atoms with Gasteiger partial charge in [0.05, 0.1) is 12.2 Å². The number of ether oxygens (including phenoxy) is 2. The Bertz CT molecular complexity index is 459. The Morgan fingerprint density at radius 3 is 2.89 bits per heavy atom. The summed E-state index contributed by atoms with van der Waals surface area (Å²) >= 11 is 3.36. The monoisotopic (exact) mass is 328 g/mol. The van der Waals surface area contributed by atoms with E-state index in [1.54, 1.807) is 6.07 Å². The molecule has 0 aliphatic carbocycles. The van der Waals surface area contributed by atoms with Crippen LogP contribution in [0.25, 0.3) is 0 Å². The van der Waals surface area contributed by atoms with Crippen molar-refractivity contribution in [3.8, 4) is 5.75 Å². The smallest absolute Gasteiger partial charge is 0.173 e. The highest BCUT2D eigenvalue weighted by atomic mass is 79.9. The first-order valence-electron chi connectivity index (χ1n) is 6.18. The zero-order valence-corrected chi connectivity index (χ0v) is 12.1. The minimum Gasteiger partial charge on any atom is -0.493 e. The molecule has 0 amide bonds. The van der Waals surface area contributed by atoms with Gasteiger partial charge in [-0.2, -0.15) is 0 Å². The van der Waals surface area contributed by atoms with Crippen LogP contribution in [0.5, 0.6) is 5.75 Å². The molecule has 19 heavy (non-hydrogen) atoms. The highest BCUT2D eigenvalue weighted by Crippen LogP contribution is 2.25. The van der Waals surface area contributed by atoms with Crippen molar-refractivity contribution in [1.29, 1.82) is 0 Å². The summed E-state index contributed by atoms with van der Waals surface area (Å²) in [6, 6.07) is 5.46. The molecule has 0 spiro atoms. The predicted octanol–water partition coefficient (Wildman–Crippen LogP) is 2.35. The number of rotatable bonds is 4. The van der Waals surface area contributed by atoms with Gasteiger partial charge in [0.1, 0.15) is 5.75 Å². The summed E-state index contributed by atoms with van der Waals surface area (Å²) in [5.41, 5.74) is 6.24. The Hall–Kier alpha value is -1.27. The van der Waals surface area contributed by atoms with E-state index in [0.717, 1.165) is 30.5 Å². The molecule has 1 heterocycles. The fraction of sp³-hybridized carbons (Fsp3) is 0.462. The van der Waals surface area contributed by atoms with E-state index in [0.29, 0.717) is 23.8 Å². The van der Waals surface area contributed by atoms with E-state index in [1.807, 2.05) is 12.1 Å². The molecule has 1 fully saturated rings. The lowest BCUT2D eigenvalue weighted by atomic mass is 10.0. The number of halogens is 1. The number of nitrogens with two attached hydrogens (primary N) is 1. The summed E-state index contributed by atoms with van der Waals surface area (Å²) < 4.78 is 12.0. The van der Waals surface area contributed by atoms with Gasteiger partial charge in [-0.05, 0) is 37.0 Å². The third-order valence-electron chi connectivity index (χ3n) is 3.14. The third kappa shape index (κ3) is 3.84. The van der Waals surface area contributed by atoms with Gasteiger partial charge in [-0.15, -0.1) is 0 Å². The van der Waals surface area contributed by atoms with Gasteiger partial charge in [0.25, 0.3) is 0 Å². The summed E-state index contributed by atoms with van der Waals surface area (Å²) in [6.45, 7) is 2.21. The summed E-state index contributed by atoms with van der Waals surface area (Å²) in [4.78, 5) is 0. The van der Waals surface area contributed by atoms with Crippen LogP contribution in [0.2, 0.25) is 0 Å². The molecule has 3 N–H and O–H groups in total. The number of oxime groups is 1. The lowest BCUT2D eigenvalue weighted by molar-refractivity contribution is 0.0497. The first-order valence-corrected chi connectivity index (χ1v) is 6.98. The fourth-order valence-corrected chi connectivity index (χ4v) is 2.36. The van der Waals surface area contributed by atoms with Gasteiger partial charge in [-0.1, -0.05) is 21.1 Å². The normalized spacial score (nSPS) is 17.4. The lowest BCUT2D eigenvalue weighted by Crippen LogP contribution is -2.22. The van der Waals surface area contributed by atoms with E-state index < -0.39 is 0 Å². The first-order chi connectivity index (χ1) is 9.20. The molecule has 0 radical (unpaired) electrons. The molecule has 1 aliphatic heterocycles. The van der Waals surface area contributed by atoms with Crippen LogP contribution >= 0.6 is 15.9 Å². The van der Waals surface area contributed by atoms with Gasteiger partial charge < -0.3 is 20.4 Å². The zero-order chi connectivity index (χ0) is 13.7. The maximum atomic E-state index is 8.80. The fourth-order valence-electron chi connectivity index (χ4n) is 2.00.